The molecule has 0 aliphatic heterocycles. The van der Waals surface area contributed by atoms with Gasteiger partial charge in [0.15, 0.2) is 0 Å². The molecule has 0 aliphatic rings. The van der Waals surface area contributed by atoms with Gasteiger partial charge in [-0.25, -0.2) is 4.79 Å². The third-order valence-electron chi connectivity index (χ3n) is 1.47. The van der Waals surface area contributed by atoms with E-state index < -0.39 is 5.97 Å². The predicted octanol–water partition coefficient (Wildman–Crippen LogP) is 0.652. The molecule has 1 heterocycles. The molecule has 5 nitrogen and oxygen atoms in total. The Kier molecular flexibility index (Phi) is 3.03. The number of ether oxygens (including phenoxy) is 1. The van der Waals surface area contributed by atoms with Crippen molar-refractivity contribution in [2.45, 2.75) is 13.3 Å². The first kappa shape index (κ1) is 9.26. The molecule has 0 atom stereocenters. The molecule has 68 valence electrons. The minimum absolute atomic E-state index is 0.133. The van der Waals surface area contributed by atoms with E-state index in [1.54, 1.807) is 6.92 Å². The second-order valence-electron chi connectivity index (χ2n) is 2.32. The standard InChI is InChI=1S/C8H9N3O2/c1-2-13-8(12)6-5-10-11-7(6)3-4-9/h5H,2-3H2,1H3,(H,10,11). The number of nitrogens with zero attached hydrogens (tertiary/aromatic N) is 2. The maximum atomic E-state index is 11.2. The zero-order chi connectivity index (χ0) is 9.68. The van der Waals surface area contributed by atoms with Gasteiger partial charge in [-0.3, -0.25) is 5.10 Å². The van der Waals surface area contributed by atoms with E-state index in [1.807, 2.05) is 6.07 Å². The zero-order valence-corrected chi connectivity index (χ0v) is 7.20. The Morgan fingerprint density at radius 1 is 1.85 bits per heavy atom. The maximum Gasteiger partial charge on any atom is 0.341 e. The van der Waals surface area contributed by atoms with E-state index in [9.17, 15) is 4.79 Å². The smallest absolute Gasteiger partial charge is 0.341 e. The summed E-state index contributed by atoms with van der Waals surface area (Å²) in [6, 6.07) is 1.93. The molecule has 0 spiro atoms. The highest BCUT2D eigenvalue weighted by atomic mass is 16.5. The second kappa shape index (κ2) is 4.26. The van der Waals surface area contributed by atoms with E-state index in [0.29, 0.717) is 17.9 Å². The molecule has 0 bridgehead atoms. The van der Waals surface area contributed by atoms with Crippen molar-refractivity contribution in [3.8, 4) is 6.07 Å². The van der Waals surface area contributed by atoms with Crippen molar-refractivity contribution in [1.82, 2.24) is 10.2 Å². The topological polar surface area (TPSA) is 78.8 Å². The fourth-order valence-corrected chi connectivity index (χ4v) is 0.911. The Labute approximate surface area is 75.3 Å². The molecule has 0 saturated carbocycles. The van der Waals surface area contributed by atoms with E-state index >= 15 is 0 Å². The first-order valence-corrected chi connectivity index (χ1v) is 3.86. The molecule has 1 rings (SSSR count). The quantitative estimate of drug-likeness (QED) is 0.691. The van der Waals surface area contributed by atoms with Gasteiger partial charge in [0.2, 0.25) is 0 Å². The van der Waals surface area contributed by atoms with Crippen LogP contribution < -0.4 is 0 Å². The summed E-state index contributed by atoms with van der Waals surface area (Å²) in [5, 5.41) is 14.7. The molecule has 0 fully saturated rings. The number of aromatic nitrogens is 2. The summed E-state index contributed by atoms with van der Waals surface area (Å²) in [5.74, 6) is -0.443. The van der Waals surface area contributed by atoms with Crippen LogP contribution in [-0.4, -0.2) is 22.8 Å². The lowest BCUT2D eigenvalue weighted by atomic mass is 10.2. The van der Waals surface area contributed by atoms with Gasteiger partial charge in [0.1, 0.15) is 5.56 Å². The molecule has 0 unspecified atom stereocenters. The van der Waals surface area contributed by atoms with E-state index in [-0.39, 0.29) is 6.42 Å². The molecule has 0 radical (unpaired) electrons. The van der Waals surface area contributed by atoms with Crippen molar-refractivity contribution in [2.75, 3.05) is 6.61 Å². The van der Waals surface area contributed by atoms with E-state index in [1.165, 1.54) is 6.20 Å². The summed E-state index contributed by atoms with van der Waals surface area (Å²) < 4.78 is 4.76. The SMILES string of the molecule is CCOC(=O)c1cn[nH]c1CC#N. The number of hydrogen-bond donors (Lipinski definition) is 1. The first-order valence-electron chi connectivity index (χ1n) is 3.86. The predicted molar refractivity (Wildman–Crippen MR) is 43.9 cm³/mol. The number of esters is 1. The van der Waals surface area contributed by atoms with Crippen LogP contribution in [-0.2, 0) is 11.2 Å². The van der Waals surface area contributed by atoms with Gasteiger partial charge in [0.05, 0.1) is 31.0 Å². The molecule has 0 saturated heterocycles. The van der Waals surface area contributed by atoms with Crippen molar-refractivity contribution in [3.63, 3.8) is 0 Å². The number of nitriles is 1. The van der Waals surface area contributed by atoms with Gasteiger partial charge in [-0.1, -0.05) is 0 Å². The van der Waals surface area contributed by atoms with Gasteiger partial charge in [0, 0.05) is 0 Å². The minimum atomic E-state index is -0.443. The van der Waals surface area contributed by atoms with Crippen LogP contribution in [0.25, 0.3) is 0 Å². The number of H-pyrrole nitrogens is 1. The molecule has 0 aliphatic carbocycles. The average molecular weight is 179 g/mol. The lowest BCUT2D eigenvalue weighted by molar-refractivity contribution is 0.0525. The molecule has 5 heteroatoms. The number of aromatic amines is 1. The van der Waals surface area contributed by atoms with Crippen LogP contribution in [0.2, 0.25) is 0 Å². The van der Waals surface area contributed by atoms with Crippen molar-refractivity contribution < 1.29 is 9.53 Å². The normalized spacial score (nSPS) is 9.23. The summed E-state index contributed by atoms with van der Waals surface area (Å²) in [5.41, 5.74) is 0.837. The third-order valence-corrected chi connectivity index (χ3v) is 1.47. The number of hydrogen-bond acceptors (Lipinski definition) is 4. The highest BCUT2D eigenvalue weighted by Crippen LogP contribution is 2.06. The molecular weight excluding hydrogens is 170 g/mol. The highest BCUT2D eigenvalue weighted by molar-refractivity contribution is 5.90. The van der Waals surface area contributed by atoms with Crippen LogP contribution >= 0.6 is 0 Å². The number of carbonyl (C=O) groups excluding carboxylic acids is 1. The minimum Gasteiger partial charge on any atom is -0.462 e. The lowest BCUT2D eigenvalue weighted by Gasteiger charge is -1.99. The van der Waals surface area contributed by atoms with Crippen LogP contribution in [0.3, 0.4) is 0 Å². The van der Waals surface area contributed by atoms with E-state index in [0.717, 1.165) is 0 Å². The largest absolute Gasteiger partial charge is 0.462 e. The molecule has 13 heavy (non-hydrogen) atoms. The summed E-state index contributed by atoms with van der Waals surface area (Å²) in [6.45, 7) is 2.04. The Bertz CT molecular complexity index is 337. The van der Waals surface area contributed by atoms with Crippen molar-refractivity contribution in [1.29, 1.82) is 5.26 Å². The summed E-state index contributed by atoms with van der Waals surface area (Å²) in [4.78, 5) is 11.2. The summed E-state index contributed by atoms with van der Waals surface area (Å²) in [7, 11) is 0. The fourth-order valence-electron chi connectivity index (χ4n) is 0.911. The highest BCUT2D eigenvalue weighted by Gasteiger charge is 2.13. The van der Waals surface area contributed by atoms with Crippen molar-refractivity contribution >= 4 is 5.97 Å². The van der Waals surface area contributed by atoms with Gasteiger partial charge < -0.3 is 4.74 Å². The average Bonchev–Trinajstić information content (AvgIpc) is 2.54. The zero-order valence-electron chi connectivity index (χ0n) is 7.20. The Balaban J connectivity index is 2.82. The van der Waals surface area contributed by atoms with Crippen molar-refractivity contribution in [2.24, 2.45) is 0 Å². The molecular formula is C8H9N3O2. The number of carbonyl (C=O) groups is 1. The molecule has 0 aromatic carbocycles. The van der Waals surface area contributed by atoms with Crippen LogP contribution in [0, 0.1) is 11.3 Å². The lowest BCUT2D eigenvalue weighted by Crippen LogP contribution is -2.06. The van der Waals surface area contributed by atoms with E-state index in [2.05, 4.69) is 10.2 Å². The van der Waals surface area contributed by atoms with Crippen LogP contribution in [0.5, 0.6) is 0 Å². The van der Waals surface area contributed by atoms with Crippen LogP contribution in [0.1, 0.15) is 23.0 Å². The Morgan fingerprint density at radius 2 is 2.62 bits per heavy atom. The van der Waals surface area contributed by atoms with Gasteiger partial charge in [0.25, 0.3) is 0 Å². The van der Waals surface area contributed by atoms with E-state index in [4.69, 9.17) is 10.00 Å². The van der Waals surface area contributed by atoms with Gasteiger partial charge in [-0.05, 0) is 6.92 Å². The molecule has 1 aromatic rings. The Hall–Kier alpha value is -1.83. The van der Waals surface area contributed by atoms with Crippen LogP contribution in [0.4, 0.5) is 0 Å². The van der Waals surface area contributed by atoms with Crippen LogP contribution in [0.15, 0.2) is 6.20 Å². The number of nitrogens with one attached hydrogen (secondary N) is 1. The second-order valence-corrected chi connectivity index (χ2v) is 2.32. The number of rotatable bonds is 3. The van der Waals surface area contributed by atoms with Gasteiger partial charge in [-0.2, -0.15) is 10.4 Å². The monoisotopic (exact) mass is 179 g/mol. The molecule has 1 aromatic heterocycles. The molecule has 1 N–H and O–H groups in total. The third kappa shape index (κ3) is 2.06. The van der Waals surface area contributed by atoms with Gasteiger partial charge in [-0.15, -0.1) is 0 Å². The van der Waals surface area contributed by atoms with Gasteiger partial charge >= 0.3 is 5.97 Å². The van der Waals surface area contributed by atoms with Crippen molar-refractivity contribution in [3.05, 3.63) is 17.5 Å². The fraction of sp³-hybridized carbons (Fsp3) is 0.375. The Morgan fingerprint density at radius 3 is 3.23 bits per heavy atom. The first-order chi connectivity index (χ1) is 6.29. The summed E-state index contributed by atoms with van der Waals surface area (Å²) >= 11 is 0. The molecule has 0 amide bonds. The maximum absolute atomic E-state index is 11.2. The summed E-state index contributed by atoms with van der Waals surface area (Å²) in [6.07, 6.45) is 1.50.